The Hall–Kier alpha value is -2.66. The van der Waals surface area contributed by atoms with Gasteiger partial charge in [-0.3, -0.25) is 9.89 Å². The Kier molecular flexibility index (Phi) is 4.12. The molecule has 0 bridgehead atoms. The Bertz CT molecular complexity index is 940. The first kappa shape index (κ1) is 15.2. The molecule has 6 heteroatoms. The van der Waals surface area contributed by atoms with Crippen molar-refractivity contribution in [1.29, 1.82) is 0 Å². The number of nitrogens with one attached hydrogen (secondary N) is 1. The van der Waals surface area contributed by atoms with Gasteiger partial charge in [-0.1, -0.05) is 35.9 Å². The highest BCUT2D eigenvalue weighted by Gasteiger charge is 2.12. The molecule has 0 aliphatic carbocycles. The van der Waals surface area contributed by atoms with E-state index in [2.05, 4.69) is 15.3 Å². The van der Waals surface area contributed by atoms with Gasteiger partial charge in [-0.25, -0.2) is 4.68 Å². The molecule has 3 rings (SSSR count). The summed E-state index contributed by atoms with van der Waals surface area (Å²) in [5.41, 5.74) is 3.06. The van der Waals surface area contributed by atoms with Gasteiger partial charge in [-0.2, -0.15) is 5.11 Å². The number of hydrogen-bond donors (Lipinski definition) is 1. The summed E-state index contributed by atoms with van der Waals surface area (Å²) >= 11 is 5.98. The molecule has 23 heavy (non-hydrogen) atoms. The molecule has 0 radical (unpaired) electrons. The fraction of sp³-hybridized carbons (Fsp3) is 0.118. The summed E-state index contributed by atoms with van der Waals surface area (Å²) in [5.74, 6) is 0. The van der Waals surface area contributed by atoms with E-state index in [0.717, 1.165) is 11.3 Å². The van der Waals surface area contributed by atoms with E-state index in [-0.39, 0.29) is 11.2 Å². The van der Waals surface area contributed by atoms with Gasteiger partial charge in [0.25, 0.3) is 5.56 Å². The zero-order chi connectivity index (χ0) is 16.4. The van der Waals surface area contributed by atoms with Crippen molar-refractivity contribution in [2.45, 2.75) is 13.8 Å². The smallest absolute Gasteiger partial charge is 0.293 e. The van der Waals surface area contributed by atoms with Gasteiger partial charge in [0.2, 0.25) is 0 Å². The molecule has 0 atom stereocenters. The Morgan fingerprint density at radius 3 is 2.57 bits per heavy atom. The average molecular weight is 327 g/mol. The second kappa shape index (κ2) is 6.22. The molecule has 1 aromatic heterocycles. The Morgan fingerprint density at radius 1 is 1.04 bits per heavy atom. The van der Waals surface area contributed by atoms with E-state index in [1.54, 1.807) is 31.2 Å². The van der Waals surface area contributed by atoms with Crippen LogP contribution in [0.25, 0.3) is 5.69 Å². The quantitative estimate of drug-likeness (QED) is 0.687. The zero-order valence-electron chi connectivity index (χ0n) is 12.7. The van der Waals surface area contributed by atoms with Crippen molar-refractivity contribution in [3.63, 3.8) is 0 Å². The maximum Gasteiger partial charge on any atom is 0.299 e. The molecular weight excluding hydrogens is 312 g/mol. The summed E-state index contributed by atoms with van der Waals surface area (Å²) < 4.78 is 1.41. The first-order chi connectivity index (χ1) is 11.1. The van der Waals surface area contributed by atoms with E-state index in [1.807, 2.05) is 31.2 Å². The molecule has 0 spiro atoms. The van der Waals surface area contributed by atoms with Crippen molar-refractivity contribution in [2.75, 3.05) is 0 Å². The molecule has 1 heterocycles. The van der Waals surface area contributed by atoms with Gasteiger partial charge in [0.15, 0.2) is 5.69 Å². The number of H-pyrrole nitrogens is 1. The lowest BCUT2D eigenvalue weighted by molar-refractivity contribution is 0.835. The largest absolute Gasteiger partial charge is 0.299 e. The Morgan fingerprint density at radius 2 is 1.83 bits per heavy atom. The predicted octanol–water partition coefficient (Wildman–Crippen LogP) is 4.85. The highest BCUT2D eigenvalue weighted by Crippen LogP contribution is 2.22. The zero-order valence-corrected chi connectivity index (χ0v) is 13.5. The summed E-state index contributed by atoms with van der Waals surface area (Å²) in [4.78, 5) is 12.5. The first-order valence-electron chi connectivity index (χ1n) is 7.11. The summed E-state index contributed by atoms with van der Waals surface area (Å²) in [6, 6.07) is 14.7. The molecule has 0 fully saturated rings. The van der Waals surface area contributed by atoms with Crippen LogP contribution in [-0.4, -0.2) is 9.78 Å². The number of rotatable bonds is 3. The van der Waals surface area contributed by atoms with Crippen LogP contribution in [0.5, 0.6) is 0 Å². The Labute approximate surface area is 138 Å². The molecule has 0 unspecified atom stereocenters. The minimum atomic E-state index is -0.262. The van der Waals surface area contributed by atoms with Crippen LogP contribution >= 0.6 is 11.6 Å². The fourth-order valence-electron chi connectivity index (χ4n) is 2.23. The maximum absolute atomic E-state index is 12.5. The molecule has 3 aromatic rings. The molecule has 0 saturated heterocycles. The number of azo groups is 1. The highest BCUT2D eigenvalue weighted by atomic mass is 35.5. The summed E-state index contributed by atoms with van der Waals surface area (Å²) in [6.07, 6.45) is 0. The lowest BCUT2D eigenvalue weighted by Gasteiger charge is -2.00. The SMILES string of the molecule is Cc1ccccc1N=Nc1c(C)[nH]n(-c2cccc(Cl)c2)c1=O. The van der Waals surface area contributed by atoms with Crippen LogP contribution in [0, 0.1) is 13.8 Å². The third-order valence-corrected chi connectivity index (χ3v) is 3.72. The fourth-order valence-corrected chi connectivity index (χ4v) is 2.42. The van der Waals surface area contributed by atoms with Gasteiger partial charge >= 0.3 is 0 Å². The number of aryl methyl sites for hydroxylation is 2. The summed E-state index contributed by atoms with van der Waals surface area (Å²) in [6.45, 7) is 3.73. The number of halogens is 1. The minimum Gasteiger partial charge on any atom is -0.293 e. The van der Waals surface area contributed by atoms with Crippen molar-refractivity contribution >= 4 is 23.0 Å². The molecule has 2 aromatic carbocycles. The molecule has 0 aliphatic rings. The number of benzene rings is 2. The number of aromatic nitrogens is 2. The molecule has 5 nitrogen and oxygen atoms in total. The van der Waals surface area contributed by atoms with Gasteiger partial charge in [-0.05, 0) is 43.7 Å². The van der Waals surface area contributed by atoms with Crippen molar-refractivity contribution in [2.24, 2.45) is 10.2 Å². The average Bonchev–Trinajstić information content (AvgIpc) is 2.81. The predicted molar refractivity (Wildman–Crippen MR) is 91.5 cm³/mol. The summed E-state index contributed by atoms with van der Waals surface area (Å²) in [7, 11) is 0. The van der Waals surface area contributed by atoms with Gasteiger partial charge in [0, 0.05) is 5.02 Å². The van der Waals surface area contributed by atoms with Crippen molar-refractivity contribution in [3.05, 3.63) is 75.2 Å². The third kappa shape index (κ3) is 3.10. The van der Waals surface area contributed by atoms with Crippen LogP contribution in [-0.2, 0) is 0 Å². The molecule has 0 aliphatic heterocycles. The van der Waals surface area contributed by atoms with Crippen LogP contribution in [0.3, 0.4) is 0 Å². The van der Waals surface area contributed by atoms with Gasteiger partial charge in [-0.15, -0.1) is 5.11 Å². The van der Waals surface area contributed by atoms with Crippen molar-refractivity contribution < 1.29 is 0 Å². The van der Waals surface area contributed by atoms with Gasteiger partial charge in [0.1, 0.15) is 0 Å². The topological polar surface area (TPSA) is 62.5 Å². The molecule has 1 N–H and O–H groups in total. The van der Waals surface area contributed by atoms with Crippen LogP contribution in [0.1, 0.15) is 11.3 Å². The van der Waals surface area contributed by atoms with E-state index < -0.39 is 0 Å². The second-order valence-corrected chi connectivity index (χ2v) is 5.63. The Balaban J connectivity index is 2.02. The standard InChI is InChI=1S/C17H15ClN4O/c1-11-6-3-4-9-15(11)19-20-16-12(2)21-22(17(16)23)14-8-5-7-13(18)10-14/h3-10,21H,1-2H3. The molecule has 116 valence electrons. The van der Waals surface area contributed by atoms with Crippen LogP contribution in [0.15, 0.2) is 63.6 Å². The third-order valence-electron chi connectivity index (χ3n) is 3.48. The van der Waals surface area contributed by atoms with Crippen LogP contribution < -0.4 is 5.56 Å². The van der Waals surface area contributed by atoms with E-state index in [1.165, 1.54) is 4.68 Å². The van der Waals surface area contributed by atoms with E-state index in [0.29, 0.717) is 16.4 Å². The molecule has 0 amide bonds. The number of aromatic amines is 1. The maximum atomic E-state index is 12.5. The minimum absolute atomic E-state index is 0.262. The van der Waals surface area contributed by atoms with Gasteiger partial charge in [0.05, 0.1) is 17.1 Å². The monoisotopic (exact) mass is 326 g/mol. The van der Waals surface area contributed by atoms with E-state index >= 15 is 0 Å². The van der Waals surface area contributed by atoms with Crippen molar-refractivity contribution in [3.8, 4) is 5.69 Å². The molecule has 0 saturated carbocycles. The highest BCUT2D eigenvalue weighted by molar-refractivity contribution is 6.30. The first-order valence-corrected chi connectivity index (χ1v) is 7.49. The van der Waals surface area contributed by atoms with E-state index in [4.69, 9.17) is 11.6 Å². The van der Waals surface area contributed by atoms with Crippen LogP contribution in [0.2, 0.25) is 5.02 Å². The number of hydrogen-bond acceptors (Lipinski definition) is 3. The van der Waals surface area contributed by atoms with Crippen molar-refractivity contribution in [1.82, 2.24) is 9.78 Å². The lowest BCUT2D eigenvalue weighted by Crippen LogP contribution is -2.13. The normalized spacial score (nSPS) is 11.3. The molecular formula is C17H15ClN4O. The number of nitrogens with zero attached hydrogens (tertiary/aromatic N) is 3. The second-order valence-electron chi connectivity index (χ2n) is 5.19. The lowest BCUT2D eigenvalue weighted by atomic mass is 10.2. The van der Waals surface area contributed by atoms with Gasteiger partial charge < -0.3 is 0 Å². The summed E-state index contributed by atoms with van der Waals surface area (Å²) in [5, 5.41) is 11.9. The van der Waals surface area contributed by atoms with Crippen LogP contribution in [0.4, 0.5) is 11.4 Å². The van der Waals surface area contributed by atoms with E-state index in [9.17, 15) is 4.79 Å².